The Bertz CT molecular complexity index is 837. The number of nitrogens with zero attached hydrogens (tertiary/aromatic N) is 1. The molecule has 0 amide bonds. The van der Waals surface area contributed by atoms with Crippen molar-refractivity contribution in [2.45, 2.75) is 32.4 Å². The van der Waals surface area contributed by atoms with Crippen molar-refractivity contribution in [3.63, 3.8) is 0 Å². The van der Waals surface area contributed by atoms with E-state index in [9.17, 15) is 8.78 Å². The summed E-state index contributed by atoms with van der Waals surface area (Å²) in [7, 11) is -1.16. The summed E-state index contributed by atoms with van der Waals surface area (Å²) in [6, 6.07) is 5.56. The van der Waals surface area contributed by atoms with Gasteiger partial charge in [0.05, 0.1) is 5.52 Å². The fourth-order valence-corrected chi connectivity index (χ4v) is 4.05. The van der Waals surface area contributed by atoms with Gasteiger partial charge in [-0.05, 0) is 34.5 Å². The van der Waals surface area contributed by atoms with Gasteiger partial charge < -0.3 is 9.30 Å². The first-order valence-electron chi connectivity index (χ1n) is 7.94. The van der Waals surface area contributed by atoms with E-state index in [1.165, 1.54) is 11.3 Å². The van der Waals surface area contributed by atoms with Crippen molar-refractivity contribution < 1.29 is 13.5 Å². The highest BCUT2D eigenvalue weighted by atomic mass is 32.1. The summed E-state index contributed by atoms with van der Waals surface area (Å²) in [5.41, 5.74) is 1.76. The van der Waals surface area contributed by atoms with Crippen LogP contribution in [-0.2, 0) is 11.5 Å². The number of hydrogen-bond acceptors (Lipinski definition) is 2. The summed E-state index contributed by atoms with van der Waals surface area (Å²) in [4.78, 5) is 0. The molecule has 0 unspecified atom stereocenters. The number of fused-ring (bicyclic) bond motifs is 1. The quantitative estimate of drug-likeness (QED) is 0.388. The molecule has 0 fully saturated rings. The fraction of sp³-hybridized carbons (Fsp3) is 0.333. The molecule has 0 saturated carbocycles. The maximum absolute atomic E-state index is 14.5. The zero-order valence-electron chi connectivity index (χ0n) is 14.1. The summed E-state index contributed by atoms with van der Waals surface area (Å²) in [5, 5.41) is 4.19. The average Bonchev–Trinajstić information content (AvgIpc) is 3.13. The third kappa shape index (κ3) is 3.60. The van der Waals surface area contributed by atoms with E-state index in [-0.39, 0.29) is 0 Å². The topological polar surface area (TPSA) is 14.2 Å². The monoisotopic (exact) mass is 365 g/mol. The molecule has 0 atom stereocenters. The van der Waals surface area contributed by atoms with Crippen molar-refractivity contribution in [2.75, 3.05) is 6.61 Å². The molecule has 3 aromatic rings. The van der Waals surface area contributed by atoms with Gasteiger partial charge in [-0.25, -0.2) is 8.78 Å². The lowest BCUT2D eigenvalue weighted by atomic mass is 10.0. The number of hydrogen-bond donors (Lipinski definition) is 0. The molecule has 3 rings (SSSR count). The van der Waals surface area contributed by atoms with Crippen LogP contribution in [-0.4, -0.2) is 19.2 Å². The summed E-state index contributed by atoms with van der Waals surface area (Å²) >= 11 is 1.49. The molecule has 6 heteroatoms. The molecule has 0 aliphatic rings. The number of rotatable bonds is 6. The molecule has 2 aromatic heterocycles. The molecule has 24 heavy (non-hydrogen) atoms. The van der Waals surface area contributed by atoms with Crippen LogP contribution >= 0.6 is 11.3 Å². The molecule has 0 radical (unpaired) electrons. The van der Waals surface area contributed by atoms with Crippen LogP contribution in [0, 0.1) is 11.6 Å². The maximum Gasteiger partial charge on any atom is 0.136 e. The van der Waals surface area contributed by atoms with Gasteiger partial charge >= 0.3 is 0 Å². The SMILES string of the molecule is C[Si](C)(C)CCOCn1ccc2c(F)cc(F)c(-c3ccsc3)c21. The largest absolute Gasteiger partial charge is 0.361 e. The highest BCUT2D eigenvalue weighted by Gasteiger charge is 2.18. The van der Waals surface area contributed by atoms with Gasteiger partial charge in [0.15, 0.2) is 0 Å². The first-order valence-corrected chi connectivity index (χ1v) is 12.6. The van der Waals surface area contributed by atoms with Crippen LogP contribution in [0.1, 0.15) is 0 Å². The van der Waals surface area contributed by atoms with Gasteiger partial charge in [-0.2, -0.15) is 11.3 Å². The molecule has 0 aliphatic heterocycles. The minimum atomic E-state index is -1.16. The molecule has 0 saturated heterocycles. The molecular weight excluding hydrogens is 344 g/mol. The van der Waals surface area contributed by atoms with E-state index in [2.05, 4.69) is 19.6 Å². The molecule has 1 aromatic carbocycles. The highest BCUT2D eigenvalue weighted by Crippen LogP contribution is 2.35. The second kappa shape index (κ2) is 6.78. The molecule has 2 heterocycles. The molecule has 0 aliphatic carbocycles. The lowest BCUT2D eigenvalue weighted by Gasteiger charge is -2.16. The van der Waals surface area contributed by atoms with Crippen LogP contribution in [0.4, 0.5) is 8.78 Å². The third-order valence-corrected chi connectivity index (χ3v) is 6.37. The number of ether oxygens (including phenoxy) is 1. The number of benzene rings is 1. The Hall–Kier alpha value is -1.50. The predicted molar refractivity (Wildman–Crippen MR) is 99.3 cm³/mol. The number of aromatic nitrogens is 1. The van der Waals surface area contributed by atoms with E-state index in [0.717, 1.165) is 17.7 Å². The van der Waals surface area contributed by atoms with Crippen molar-refractivity contribution in [3.8, 4) is 11.1 Å². The van der Waals surface area contributed by atoms with Gasteiger partial charge in [0.2, 0.25) is 0 Å². The zero-order chi connectivity index (χ0) is 17.3. The van der Waals surface area contributed by atoms with Gasteiger partial charge in [0, 0.05) is 37.9 Å². The van der Waals surface area contributed by atoms with Crippen LogP contribution in [0.15, 0.2) is 35.2 Å². The third-order valence-electron chi connectivity index (χ3n) is 3.99. The Labute approximate surface area is 145 Å². The van der Waals surface area contributed by atoms with Crippen LogP contribution in [0.3, 0.4) is 0 Å². The fourth-order valence-electron chi connectivity index (χ4n) is 2.65. The summed E-state index contributed by atoms with van der Waals surface area (Å²) in [6.45, 7) is 7.84. The Morgan fingerprint density at radius 2 is 1.96 bits per heavy atom. The van der Waals surface area contributed by atoms with Crippen molar-refractivity contribution in [3.05, 3.63) is 46.8 Å². The molecular formula is C18H21F2NOSSi. The normalized spacial score (nSPS) is 12.2. The zero-order valence-corrected chi connectivity index (χ0v) is 15.9. The second-order valence-corrected chi connectivity index (χ2v) is 13.5. The van der Waals surface area contributed by atoms with Crippen LogP contribution in [0.2, 0.25) is 25.7 Å². The molecule has 128 valence electrons. The Morgan fingerprint density at radius 1 is 1.17 bits per heavy atom. The van der Waals surface area contributed by atoms with E-state index in [4.69, 9.17) is 4.74 Å². The second-order valence-electron chi connectivity index (χ2n) is 7.12. The number of halogens is 2. The van der Waals surface area contributed by atoms with Gasteiger partial charge in [-0.1, -0.05) is 19.6 Å². The minimum Gasteiger partial charge on any atom is -0.361 e. The van der Waals surface area contributed by atoms with E-state index in [1.807, 2.05) is 16.8 Å². The van der Waals surface area contributed by atoms with E-state index >= 15 is 0 Å². The summed E-state index contributed by atoms with van der Waals surface area (Å²) < 4.78 is 36.2. The Morgan fingerprint density at radius 3 is 2.62 bits per heavy atom. The van der Waals surface area contributed by atoms with Crippen LogP contribution < -0.4 is 0 Å². The molecule has 2 nitrogen and oxygen atoms in total. The van der Waals surface area contributed by atoms with Crippen LogP contribution in [0.25, 0.3) is 22.0 Å². The standard InChI is InChI=1S/C18H21F2NOSSi/c1-24(2,3)9-7-22-12-21-6-4-14-15(19)10-16(20)17(18(14)21)13-5-8-23-11-13/h4-6,8,10-11H,7,9,12H2,1-3H3. The van der Waals surface area contributed by atoms with Crippen molar-refractivity contribution in [1.82, 2.24) is 4.57 Å². The van der Waals surface area contributed by atoms with Crippen molar-refractivity contribution in [1.29, 1.82) is 0 Å². The summed E-state index contributed by atoms with van der Waals surface area (Å²) in [6.07, 6.45) is 1.76. The first kappa shape index (κ1) is 17.3. The van der Waals surface area contributed by atoms with E-state index < -0.39 is 19.7 Å². The summed E-state index contributed by atoms with van der Waals surface area (Å²) in [5.74, 6) is -1.08. The van der Waals surface area contributed by atoms with Gasteiger partial charge in [-0.3, -0.25) is 0 Å². The first-order chi connectivity index (χ1) is 11.4. The lowest BCUT2D eigenvalue weighted by Crippen LogP contribution is -2.22. The highest BCUT2D eigenvalue weighted by molar-refractivity contribution is 7.08. The van der Waals surface area contributed by atoms with E-state index in [0.29, 0.717) is 29.8 Å². The van der Waals surface area contributed by atoms with E-state index in [1.54, 1.807) is 16.8 Å². The van der Waals surface area contributed by atoms with Gasteiger partial charge in [0.1, 0.15) is 18.4 Å². The average molecular weight is 366 g/mol. The van der Waals surface area contributed by atoms with Gasteiger partial charge in [-0.15, -0.1) is 0 Å². The van der Waals surface area contributed by atoms with Gasteiger partial charge in [0.25, 0.3) is 0 Å². The lowest BCUT2D eigenvalue weighted by molar-refractivity contribution is 0.0902. The minimum absolute atomic E-state index is 0.300. The Kier molecular flexibility index (Phi) is 4.89. The van der Waals surface area contributed by atoms with Crippen LogP contribution in [0.5, 0.6) is 0 Å². The maximum atomic E-state index is 14.5. The molecule has 0 bridgehead atoms. The predicted octanol–water partition coefficient (Wildman–Crippen LogP) is 5.96. The van der Waals surface area contributed by atoms with Crippen molar-refractivity contribution >= 4 is 30.3 Å². The smallest absolute Gasteiger partial charge is 0.136 e. The van der Waals surface area contributed by atoms with Crippen molar-refractivity contribution in [2.24, 2.45) is 0 Å². The molecule has 0 N–H and O–H groups in total. The number of thiophene rings is 1. The Balaban J connectivity index is 1.95. The molecule has 0 spiro atoms.